The zero-order chi connectivity index (χ0) is 10.6. The smallest absolute Gasteiger partial charge is 0.333 e. The standard InChI is InChI=1S/C10H14N2O2/c1-7(2)10(13)14-5-4-9-6-11-8(3)12-9/h6H,1,4-5H2,2-3H3,(H,11,12). The molecule has 0 bridgehead atoms. The molecular weight excluding hydrogens is 180 g/mol. The van der Waals surface area contributed by atoms with Crippen molar-refractivity contribution in [2.24, 2.45) is 0 Å². The molecule has 76 valence electrons. The summed E-state index contributed by atoms with van der Waals surface area (Å²) in [7, 11) is 0. The second kappa shape index (κ2) is 4.60. The third-order valence-electron chi connectivity index (χ3n) is 1.71. The van der Waals surface area contributed by atoms with Crippen molar-refractivity contribution in [1.29, 1.82) is 0 Å². The van der Waals surface area contributed by atoms with Crippen LogP contribution in [0.15, 0.2) is 18.3 Å². The van der Waals surface area contributed by atoms with Gasteiger partial charge in [-0.25, -0.2) is 9.78 Å². The van der Waals surface area contributed by atoms with Gasteiger partial charge in [0.05, 0.1) is 6.61 Å². The van der Waals surface area contributed by atoms with Crippen molar-refractivity contribution in [1.82, 2.24) is 9.97 Å². The van der Waals surface area contributed by atoms with Crippen molar-refractivity contribution in [3.8, 4) is 0 Å². The molecular formula is C10H14N2O2. The molecule has 1 rings (SSSR count). The first-order valence-electron chi connectivity index (χ1n) is 4.42. The summed E-state index contributed by atoms with van der Waals surface area (Å²) in [4.78, 5) is 18.1. The maximum Gasteiger partial charge on any atom is 0.333 e. The Kier molecular flexibility index (Phi) is 3.45. The number of hydrogen-bond donors (Lipinski definition) is 1. The molecule has 0 atom stereocenters. The normalized spacial score (nSPS) is 9.86. The Balaban J connectivity index is 2.29. The lowest BCUT2D eigenvalue weighted by Crippen LogP contribution is -2.08. The van der Waals surface area contributed by atoms with Crippen LogP contribution in [-0.2, 0) is 16.0 Å². The van der Waals surface area contributed by atoms with Crippen LogP contribution in [0.4, 0.5) is 0 Å². The van der Waals surface area contributed by atoms with Crippen LogP contribution in [0.25, 0.3) is 0 Å². The molecule has 0 aliphatic rings. The van der Waals surface area contributed by atoms with Crippen LogP contribution < -0.4 is 0 Å². The van der Waals surface area contributed by atoms with E-state index in [1.54, 1.807) is 13.1 Å². The maximum absolute atomic E-state index is 11.0. The predicted octanol–water partition coefficient (Wildman–Crippen LogP) is 1.38. The summed E-state index contributed by atoms with van der Waals surface area (Å²) in [6.07, 6.45) is 2.39. The quantitative estimate of drug-likeness (QED) is 0.582. The van der Waals surface area contributed by atoms with Gasteiger partial charge in [0.1, 0.15) is 5.82 Å². The number of imidazole rings is 1. The lowest BCUT2D eigenvalue weighted by Gasteiger charge is -2.02. The van der Waals surface area contributed by atoms with Gasteiger partial charge in [0.15, 0.2) is 0 Å². The zero-order valence-electron chi connectivity index (χ0n) is 8.46. The van der Waals surface area contributed by atoms with Crippen molar-refractivity contribution in [3.05, 3.63) is 29.9 Å². The summed E-state index contributed by atoms with van der Waals surface area (Å²) in [6, 6.07) is 0. The lowest BCUT2D eigenvalue weighted by atomic mass is 10.3. The highest BCUT2D eigenvalue weighted by Crippen LogP contribution is 1.98. The molecule has 0 spiro atoms. The predicted molar refractivity (Wildman–Crippen MR) is 52.8 cm³/mol. The Morgan fingerprint density at radius 1 is 1.71 bits per heavy atom. The summed E-state index contributed by atoms with van der Waals surface area (Å²) < 4.78 is 4.93. The number of aromatic nitrogens is 2. The van der Waals surface area contributed by atoms with Crippen molar-refractivity contribution in [2.75, 3.05) is 6.61 Å². The number of carbonyl (C=O) groups excluding carboxylic acids is 1. The molecule has 0 radical (unpaired) electrons. The Labute approximate surface area is 83.0 Å². The SMILES string of the molecule is C=C(C)C(=O)OCCc1cnc(C)[nH]1. The van der Waals surface area contributed by atoms with Crippen molar-refractivity contribution in [2.45, 2.75) is 20.3 Å². The third-order valence-corrected chi connectivity index (χ3v) is 1.71. The lowest BCUT2D eigenvalue weighted by molar-refractivity contribution is -0.138. The van der Waals surface area contributed by atoms with Crippen LogP contribution in [0.1, 0.15) is 18.4 Å². The Morgan fingerprint density at radius 2 is 2.43 bits per heavy atom. The number of carbonyl (C=O) groups is 1. The highest BCUT2D eigenvalue weighted by Gasteiger charge is 2.03. The van der Waals surface area contributed by atoms with Crippen LogP contribution in [-0.4, -0.2) is 22.5 Å². The van der Waals surface area contributed by atoms with Crippen molar-refractivity contribution < 1.29 is 9.53 Å². The third kappa shape index (κ3) is 3.05. The van der Waals surface area contributed by atoms with Gasteiger partial charge in [-0.05, 0) is 13.8 Å². The molecule has 1 aromatic heterocycles. The molecule has 1 N–H and O–H groups in total. The zero-order valence-corrected chi connectivity index (χ0v) is 8.46. The summed E-state index contributed by atoms with van der Waals surface area (Å²) in [5.41, 5.74) is 1.39. The van der Waals surface area contributed by atoms with E-state index in [0.29, 0.717) is 18.6 Å². The minimum atomic E-state index is -0.346. The monoisotopic (exact) mass is 194 g/mol. The van der Waals surface area contributed by atoms with Crippen LogP contribution in [0.2, 0.25) is 0 Å². The van der Waals surface area contributed by atoms with Crippen LogP contribution in [0.5, 0.6) is 0 Å². The molecule has 0 amide bonds. The average Bonchev–Trinajstić information content (AvgIpc) is 2.51. The highest BCUT2D eigenvalue weighted by molar-refractivity contribution is 5.86. The number of esters is 1. The van der Waals surface area contributed by atoms with E-state index >= 15 is 0 Å². The van der Waals surface area contributed by atoms with Crippen molar-refractivity contribution >= 4 is 5.97 Å². The average molecular weight is 194 g/mol. The van der Waals surface area contributed by atoms with Gasteiger partial charge in [0.2, 0.25) is 0 Å². The summed E-state index contributed by atoms with van der Waals surface area (Å²) in [5, 5.41) is 0. The Hall–Kier alpha value is -1.58. The minimum absolute atomic E-state index is 0.346. The number of aromatic amines is 1. The Morgan fingerprint density at radius 3 is 2.93 bits per heavy atom. The van der Waals surface area contributed by atoms with E-state index in [2.05, 4.69) is 16.5 Å². The van der Waals surface area contributed by atoms with Gasteiger partial charge in [0.25, 0.3) is 0 Å². The largest absolute Gasteiger partial charge is 0.462 e. The first-order valence-corrected chi connectivity index (χ1v) is 4.42. The van der Waals surface area contributed by atoms with Gasteiger partial charge in [-0.3, -0.25) is 0 Å². The second-order valence-electron chi connectivity index (χ2n) is 3.16. The number of ether oxygens (including phenoxy) is 1. The number of nitrogens with one attached hydrogen (secondary N) is 1. The van der Waals surface area contributed by atoms with Crippen LogP contribution in [0, 0.1) is 6.92 Å². The first kappa shape index (κ1) is 10.5. The topological polar surface area (TPSA) is 55.0 Å². The fourth-order valence-corrected chi connectivity index (χ4v) is 0.976. The van der Waals surface area contributed by atoms with Crippen LogP contribution in [0.3, 0.4) is 0 Å². The van der Waals surface area contributed by atoms with E-state index in [1.165, 1.54) is 0 Å². The number of rotatable bonds is 4. The van der Waals surface area contributed by atoms with Crippen LogP contribution >= 0.6 is 0 Å². The highest BCUT2D eigenvalue weighted by atomic mass is 16.5. The summed E-state index contributed by atoms with van der Waals surface area (Å²) in [5.74, 6) is 0.521. The fourth-order valence-electron chi connectivity index (χ4n) is 0.976. The second-order valence-corrected chi connectivity index (χ2v) is 3.16. The first-order chi connectivity index (χ1) is 6.59. The van der Waals surface area contributed by atoms with E-state index in [0.717, 1.165) is 11.5 Å². The van der Waals surface area contributed by atoms with Gasteiger partial charge < -0.3 is 9.72 Å². The molecule has 0 aliphatic heterocycles. The molecule has 0 aromatic carbocycles. The Bertz CT molecular complexity index is 342. The number of hydrogen-bond acceptors (Lipinski definition) is 3. The molecule has 1 heterocycles. The molecule has 0 saturated carbocycles. The van der Waals surface area contributed by atoms with Gasteiger partial charge in [-0.15, -0.1) is 0 Å². The van der Waals surface area contributed by atoms with E-state index in [4.69, 9.17) is 4.74 Å². The molecule has 0 unspecified atom stereocenters. The van der Waals surface area contributed by atoms with Gasteiger partial charge in [-0.1, -0.05) is 6.58 Å². The summed E-state index contributed by atoms with van der Waals surface area (Å²) >= 11 is 0. The minimum Gasteiger partial charge on any atom is -0.462 e. The number of H-pyrrole nitrogens is 1. The summed E-state index contributed by atoms with van der Waals surface area (Å²) in [6.45, 7) is 7.35. The molecule has 0 aliphatic carbocycles. The van der Waals surface area contributed by atoms with E-state index in [-0.39, 0.29) is 5.97 Å². The number of nitrogens with zero attached hydrogens (tertiary/aromatic N) is 1. The van der Waals surface area contributed by atoms with Crippen molar-refractivity contribution in [3.63, 3.8) is 0 Å². The molecule has 0 saturated heterocycles. The number of aryl methyl sites for hydroxylation is 1. The van der Waals surface area contributed by atoms with Gasteiger partial charge in [-0.2, -0.15) is 0 Å². The fraction of sp³-hybridized carbons (Fsp3) is 0.400. The van der Waals surface area contributed by atoms with E-state index in [1.807, 2.05) is 6.92 Å². The molecule has 4 heteroatoms. The molecule has 0 fully saturated rings. The van der Waals surface area contributed by atoms with Gasteiger partial charge in [0, 0.05) is 23.9 Å². The maximum atomic E-state index is 11.0. The molecule has 1 aromatic rings. The molecule has 14 heavy (non-hydrogen) atoms. The van der Waals surface area contributed by atoms with E-state index in [9.17, 15) is 4.79 Å². The van der Waals surface area contributed by atoms with Gasteiger partial charge >= 0.3 is 5.97 Å². The van der Waals surface area contributed by atoms with E-state index < -0.39 is 0 Å². The molecule has 4 nitrogen and oxygen atoms in total.